The van der Waals surface area contributed by atoms with Crippen molar-refractivity contribution >= 4 is 38.9 Å². The number of halogens is 1. The first kappa shape index (κ1) is 22.2. The summed E-state index contributed by atoms with van der Waals surface area (Å²) in [5.74, 6) is -0.0188. The second-order valence-corrected chi connectivity index (χ2v) is 8.64. The Hall–Kier alpha value is -3.54. The number of sulfonamides is 1. The van der Waals surface area contributed by atoms with Gasteiger partial charge in [0.25, 0.3) is 15.9 Å². The van der Waals surface area contributed by atoms with Gasteiger partial charge in [-0.25, -0.2) is 8.42 Å². The molecule has 0 aromatic heterocycles. The van der Waals surface area contributed by atoms with Crippen molar-refractivity contribution < 1.29 is 17.9 Å². The maximum Gasteiger partial charge on any atom is 0.265 e. The molecule has 0 saturated carbocycles. The molecule has 9 heteroatoms. The molecule has 3 rings (SSSR count). The smallest absolute Gasteiger partial charge is 0.265 e. The zero-order chi connectivity index (χ0) is 22.4. The fourth-order valence-corrected chi connectivity index (χ4v) is 3.81. The molecule has 1 amide bonds. The molecule has 2 N–H and O–H groups in total. The summed E-state index contributed by atoms with van der Waals surface area (Å²) in [6.07, 6.45) is -0.847. The zero-order valence-corrected chi connectivity index (χ0v) is 17.9. The lowest BCUT2D eigenvalue weighted by Crippen LogP contribution is -2.30. The Balaban J connectivity index is 1.68. The van der Waals surface area contributed by atoms with E-state index in [1.807, 2.05) is 6.07 Å². The monoisotopic (exact) mass is 455 g/mol. The van der Waals surface area contributed by atoms with Crippen LogP contribution in [0.1, 0.15) is 12.5 Å². The first-order chi connectivity index (χ1) is 14.8. The zero-order valence-electron chi connectivity index (χ0n) is 16.4. The Bertz CT molecular complexity index is 1220. The van der Waals surface area contributed by atoms with Crippen molar-refractivity contribution in [2.45, 2.75) is 17.9 Å². The van der Waals surface area contributed by atoms with Crippen LogP contribution in [0.4, 0.5) is 11.4 Å². The number of rotatable bonds is 7. The third kappa shape index (κ3) is 5.98. The number of hydrogen-bond acceptors (Lipinski definition) is 5. The van der Waals surface area contributed by atoms with Gasteiger partial charge in [-0.1, -0.05) is 17.7 Å². The van der Waals surface area contributed by atoms with Crippen LogP contribution in [-0.4, -0.2) is 20.4 Å². The number of benzene rings is 3. The molecule has 1 unspecified atom stereocenters. The summed E-state index contributed by atoms with van der Waals surface area (Å²) in [6, 6.07) is 20.5. The summed E-state index contributed by atoms with van der Waals surface area (Å²) in [5, 5.41) is 12.0. The van der Waals surface area contributed by atoms with Crippen LogP contribution in [0.2, 0.25) is 5.02 Å². The van der Waals surface area contributed by atoms with Crippen LogP contribution in [0, 0.1) is 11.3 Å². The first-order valence-corrected chi connectivity index (χ1v) is 11.0. The summed E-state index contributed by atoms with van der Waals surface area (Å²) in [4.78, 5) is 12.4. The lowest BCUT2D eigenvalue weighted by molar-refractivity contribution is -0.122. The van der Waals surface area contributed by atoms with Crippen LogP contribution >= 0.6 is 11.6 Å². The van der Waals surface area contributed by atoms with Crippen LogP contribution in [-0.2, 0) is 14.8 Å². The number of carbonyl (C=O) groups excluding carboxylic acids is 1. The minimum Gasteiger partial charge on any atom is -0.481 e. The summed E-state index contributed by atoms with van der Waals surface area (Å²) in [5.41, 5.74) is 1.15. The molecule has 3 aromatic carbocycles. The Morgan fingerprint density at radius 1 is 1.03 bits per heavy atom. The minimum absolute atomic E-state index is 0.0130. The number of amides is 1. The third-order valence-electron chi connectivity index (χ3n) is 4.17. The van der Waals surface area contributed by atoms with E-state index in [1.165, 1.54) is 18.2 Å². The van der Waals surface area contributed by atoms with Crippen molar-refractivity contribution in [2.75, 3.05) is 10.0 Å². The molecule has 0 spiro atoms. The molecule has 0 aliphatic heterocycles. The lowest BCUT2D eigenvalue weighted by atomic mass is 10.2. The Morgan fingerprint density at radius 3 is 2.35 bits per heavy atom. The molecule has 158 valence electrons. The van der Waals surface area contributed by atoms with E-state index in [4.69, 9.17) is 21.6 Å². The molecule has 0 radical (unpaired) electrons. The number of carbonyl (C=O) groups is 1. The Kier molecular flexibility index (Phi) is 6.80. The number of nitrogens with zero attached hydrogens (tertiary/aromatic N) is 1. The van der Waals surface area contributed by atoms with E-state index in [2.05, 4.69) is 10.0 Å². The molecule has 0 bridgehead atoms. The molecule has 0 aliphatic rings. The van der Waals surface area contributed by atoms with E-state index in [9.17, 15) is 13.2 Å². The predicted molar refractivity (Wildman–Crippen MR) is 119 cm³/mol. The maximum absolute atomic E-state index is 12.6. The fourth-order valence-electron chi connectivity index (χ4n) is 2.58. The second-order valence-electron chi connectivity index (χ2n) is 6.53. The molecule has 0 aliphatic carbocycles. The van der Waals surface area contributed by atoms with Crippen molar-refractivity contribution in [3.8, 4) is 11.8 Å². The SMILES string of the molecule is CC(Oc1ccc(C#N)cc1)C(=O)Nc1cccc(S(=O)(=O)Nc2ccc(Cl)cc2)c1. The second kappa shape index (κ2) is 9.51. The van der Waals surface area contributed by atoms with Crippen LogP contribution in [0.3, 0.4) is 0 Å². The van der Waals surface area contributed by atoms with Gasteiger partial charge in [-0.2, -0.15) is 5.26 Å². The summed E-state index contributed by atoms with van der Waals surface area (Å²) >= 11 is 5.82. The lowest BCUT2D eigenvalue weighted by Gasteiger charge is -2.15. The van der Waals surface area contributed by atoms with Crippen LogP contribution in [0.15, 0.2) is 77.7 Å². The van der Waals surface area contributed by atoms with Gasteiger partial charge in [-0.3, -0.25) is 9.52 Å². The highest BCUT2D eigenvalue weighted by molar-refractivity contribution is 7.92. The van der Waals surface area contributed by atoms with Gasteiger partial charge < -0.3 is 10.1 Å². The van der Waals surface area contributed by atoms with Gasteiger partial charge in [0.15, 0.2) is 6.10 Å². The average Bonchev–Trinajstić information content (AvgIpc) is 2.76. The largest absolute Gasteiger partial charge is 0.481 e. The maximum atomic E-state index is 12.6. The highest BCUT2D eigenvalue weighted by atomic mass is 35.5. The van der Waals surface area contributed by atoms with E-state index in [0.717, 1.165) is 0 Å². The Labute approximate surface area is 185 Å². The number of nitriles is 1. The summed E-state index contributed by atoms with van der Waals surface area (Å²) in [6.45, 7) is 1.57. The van der Waals surface area contributed by atoms with Gasteiger partial charge in [0.05, 0.1) is 16.5 Å². The van der Waals surface area contributed by atoms with Gasteiger partial charge in [0.2, 0.25) is 0 Å². The first-order valence-electron chi connectivity index (χ1n) is 9.13. The average molecular weight is 456 g/mol. The van der Waals surface area contributed by atoms with Gasteiger partial charge in [0, 0.05) is 16.4 Å². The van der Waals surface area contributed by atoms with E-state index in [-0.39, 0.29) is 4.90 Å². The predicted octanol–water partition coefficient (Wildman–Crippen LogP) is 4.42. The number of hydrogen-bond donors (Lipinski definition) is 2. The van der Waals surface area contributed by atoms with Crippen LogP contribution < -0.4 is 14.8 Å². The fraction of sp³-hybridized carbons (Fsp3) is 0.0909. The van der Waals surface area contributed by atoms with Crippen LogP contribution in [0.25, 0.3) is 0 Å². The van der Waals surface area contributed by atoms with E-state index in [1.54, 1.807) is 61.5 Å². The number of nitrogens with one attached hydrogen (secondary N) is 2. The highest BCUT2D eigenvalue weighted by Crippen LogP contribution is 2.21. The van der Waals surface area contributed by atoms with Crippen molar-refractivity contribution in [1.82, 2.24) is 0 Å². The van der Waals surface area contributed by atoms with Crippen molar-refractivity contribution in [2.24, 2.45) is 0 Å². The van der Waals surface area contributed by atoms with E-state index >= 15 is 0 Å². The number of ether oxygens (including phenoxy) is 1. The molecule has 0 saturated heterocycles. The molecule has 7 nitrogen and oxygen atoms in total. The molecular formula is C22H18ClN3O4S. The normalized spacial score (nSPS) is 11.8. The van der Waals surface area contributed by atoms with Gasteiger partial charge in [-0.15, -0.1) is 0 Å². The third-order valence-corrected chi connectivity index (χ3v) is 5.80. The molecule has 0 heterocycles. The van der Waals surface area contributed by atoms with Crippen molar-refractivity contribution in [1.29, 1.82) is 5.26 Å². The quantitative estimate of drug-likeness (QED) is 0.548. The van der Waals surface area contributed by atoms with Crippen LogP contribution in [0.5, 0.6) is 5.75 Å². The summed E-state index contributed by atoms with van der Waals surface area (Å²) in [7, 11) is -3.86. The highest BCUT2D eigenvalue weighted by Gasteiger charge is 2.18. The summed E-state index contributed by atoms with van der Waals surface area (Å²) < 4.78 is 33.3. The van der Waals surface area contributed by atoms with Gasteiger partial charge >= 0.3 is 0 Å². The van der Waals surface area contributed by atoms with Crippen molar-refractivity contribution in [3.63, 3.8) is 0 Å². The minimum atomic E-state index is -3.86. The molecule has 3 aromatic rings. The topological polar surface area (TPSA) is 108 Å². The Morgan fingerprint density at radius 2 is 1.71 bits per heavy atom. The van der Waals surface area contributed by atoms with Gasteiger partial charge in [-0.05, 0) is 73.7 Å². The molecule has 0 fully saturated rings. The van der Waals surface area contributed by atoms with E-state index in [0.29, 0.717) is 27.7 Å². The van der Waals surface area contributed by atoms with E-state index < -0.39 is 22.0 Å². The molecular weight excluding hydrogens is 438 g/mol. The molecule has 31 heavy (non-hydrogen) atoms. The van der Waals surface area contributed by atoms with Crippen molar-refractivity contribution in [3.05, 3.63) is 83.4 Å². The standard InChI is InChI=1S/C22H18ClN3O4S/c1-15(30-20-11-5-16(14-24)6-12-20)22(27)25-19-3-2-4-21(13-19)31(28,29)26-18-9-7-17(23)8-10-18/h2-13,15,26H,1H3,(H,25,27). The molecule has 1 atom stereocenters. The number of anilines is 2. The van der Waals surface area contributed by atoms with Gasteiger partial charge in [0.1, 0.15) is 5.75 Å².